The van der Waals surface area contributed by atoms with Crippen molar-refractivity contribution in [2.45, 2.75) is 0 Å². The summed E-state index contributed by atoms with van der Waals surface area (Å²) in [5, 5.41) is 18.4. The molecule has 0 radical (unpaired) electrons. The number of amides is 1. The van der Waals surface area contributed by atoms with Gasteiger partial charge >= 0.3 is 0 Å². The Morgan fingerprint density at radius 3 is 2.86 bits per heavy atom. The van der Waals surface area contributed by atoms with Crippen LogP contribution in [-0.4, -0.2) is 62.0 Å². The van der Waals surface area contributed by atoms with Crippen LogP contribution in [0.1, 0.15) is 10.6 Å². The molecule has 0 unspecified atom stereocenters. The number of H-pyrrole nitrogens is 1. The van der Waals surface area contributed by atoms with Crippen LogP contribution in [0.3, 0.4) is 0 Å². The fraction of sp³-hybridized carbons (Fsp3) is 0.211. The molecule has 0 aliphatic carbocycles. The van der Waals surface area contributed by atoms with E-state index in [1.165, 1.54) is 0 Å². The average molecular weight is 389 g/mol. The molecule has 0 saturated carbocycles. The maximum absolute atomic E-state index is 12.8. The third kappa shape index (κ3) is 3.29. The number of carbonyl (C=O) groups excluding carboxylic acids is 1. The lowest BCUT2D eigenvalue weighted by Crippen LogP contribution is -2.43. The summed E-state index contributed by atoms with van der Waals surface area (Å²) in [6, 6.07) is 9.64. The van der Waals surface area contributed by atoms with Gasteiger partial charge in [-0.25, -0.2) is 0 Å². The number of nitrogens with one attached hydrogen (secondary N) is 3. The largest absolute Gasteiger partial charge is 0.367 e. The summed E-state index contributed by atoms with van der Waals surface area (Å²) in [7, 11) is 0. The summed E-state index contributed by atoms with van der Waals surface area (Å²) < 4.78 is 1.60. The van der Waals surface area contributed by atoms with Crippen molar-refractivity contribution in [2.75, 3.05) is 36.4 Å². The van der Waals surface area contributed by atoms with Crippen LogP contribution in [0.15, 0.2) is 48.9 Å². The van der Waals surface area contributed by atoms with Crippen molar-refractivity contribution in [2.24, 2.45) is 0 Å². The molecule has 1 amide bonds. The first-order valence-electron chi connectivity index (χ1n) is 9.36. The summed E-state index contributed by atoms with van der Waals surface area (Å²) in [4.78, 5) is 23.4. The van der Waals surface area contributed by atoms with E-state index in [2.05, 4.69) is 40.8 Å². The number of aromatic nitrogens is 6. The second kappa shape index (κ2) is 7.32. The normalized spacial score (nSPS) is 14.3. The minimum absolute atomic E-state index is 0.106. The minimum atomic E-state index is -0.385. The molecule has 0 atom stereocenters. The second-order valence-electron chi connectivity index (χ2n) is 6.68. The molecule has 3 N–H and O–H groups in total. The van der Waals surface area contributed by atoms with Crippen LogP contribution in [-0.2, 0) is 0 Å². The van der Waals surface area contributed by atoms with Gasteiger partial charge in [0.2, 0.25) is 5.82 Å². The molecule has 0 spiro atoms. The fourth-order valence-corrected chi connectivity index (χ4v) is 3.43. The molecule has 1 aliphatic rings. The first kappa shape index (κ1) is 17.3. The molecule has 0 bridgehead atoms. The van der Waals surface area contributed by atoms with E-state index in [0.717, 1.165) is 42.8 Å². The lowest BCUT2D eigenvalue weighted by atomic mass is 10.2. The second-order valence-corrected chi connectivity index (χ2v) is 6.68. The van der Waals surface area contributed by atoms with E-state index in [1.54, 1.807) is 23.3 Å². The molecule has 4 aromatic rings. The van der Waals surface area contributed by atoms with Crippen LogP contribution in [0, 0.1) is 0 Å². The highest BCUT2D eigenvalue weighted by molar-refractivity contribution is 6.03. The first-order valence-corrected chi connectivity index (χ1v) is 9.36. The summed E-state index contributed by atoms with van der Waals surface area (Å²) in [5.74, 6) is 0.0316. The number of fused-ring (bicyclic) bond motifs is 1. The average Bonchev–Trinajstić information content (AvgIpc) is 3.42. The Kier molecular flexibility index (Phi) is 4.37. The number of benzene rings is 1. The van der Waals surface area contributed by atoms with E-state index in [0.29, 0.717) is 11.6 Å². The summed E-state index contributed by atoms with van der Waals surface area (Å²) in [6.07, 6.45) is 5.11. The van der Waals surface area contributed by atoms with E-state index in [1.807, 2.05) is 30.3 Å². The van der Waals surface area contributed by atoms with Gasteiger partial charge in [-0.2, -0.15) is 14.8 Å². The molecule has 3 aromatic heterocycles. The maximum atomic E-state index is 12.8. The van der Waals surface area contributed by atoms with Crippen LogP contribution in [0.4, 0.5) is 11.4 Å². The predicted molar refractivity (Wildman–Crippen MR) is 108 cm³/mol. The maximum Gasteiger partial charge on any atom is 0.293 e. The number of hydrogen-bond acceptors (Lipinski definition) is 7. The van der Waals surface area contributed by atoms with Crippen molar-refractivity contribution >= 4 is 28.2 Å². The molecule has 1 aromatic carbocycles. The number of anilines is 2. The molecule has 29 heavy (non-hydrogen) atoms. The molecule has 4 heterocycles. The van der Waals surface area contributed by atoms with Crippen LogP contribution in [0.25, 0.3) is 16.9 Å². The smallest absolute Gasteiger partial charge is 0.293 e. The van der Waals surface area contributed by atoms with Gasteiger partial charge in [-0.15, -0.1) is 5.10 Å². The number of piperazine rings is 1. The lowest BCUT2D eigenvalue weighted by molar-refractivity contribution is 0.101. The molecule has 10 heteroatoms. The number of rotatable bonds is 4. The lowest BCUT2D eigenvalue weighted by Gasteiger charge is -2.30. The van der Waals surface area contributed by atoms with E-state index >= 15 is 0 Å². The number of carbonyl (C=O) groups is 1. The molecule has 1 aliphatic heterocycles. The van der Waals surface area contributed by atoms with Gasteiger partial charge in [0.05, 0.1) is 29.3 Å². The first-order chi connectivity index (χ1) is 14.3. The van der Waals surface area contributed by atoms with Crippen LogP contribution in [0.5, 0.6) is 0 Å². The molecule has 1 saturated heterocycles. The van der Waals surface area contributed by atoms with Gasteiger partial charge in [-0.1, -0.05) is 18.2 Å². The van der Waals surface area contributed by atoms with Crippen LogP contribution in [0.2, 0.25) is 0 Å². The Bertz CT molecular complexity index is 1160. The standard InChI is InChI=1S/C19H19N9O/c29-18(23-14-12-21-6-5-16(14)27-9-7-20-8-10-27)17-24-19(26-25-17)28-15-4-2-1-3-13(15)11-22-28/h1-6,11-12,20H,7-10H2,(H,23,29)(H,24,25,26). The number of para-hydroxylation sites is 1. The summed E-state index contributed by atoms with van der Waals surface area (Å²) in [6.45, 7) is 3.54. The van der Waals surface area contributed by atoms with Gasteiger partial charge in [0.25, 0.3) is 11.9 Å². The van der Waals surface area contributed by atoms with Gasteiger partial charge in [0.15, 0.2) is 0 Å². The van der Waals surface area contributed by atoms with Gasteiger partial charge in [0, 0.05) is 37.8 Å². The van der Waals surface area contributed by atoms with Crippen molar-refractivity contribution in [3.63, 3.8) is 0 Å². The van der Waals surface area contributed by atoms with Crippen molar-refractivity contribution in [1.82, 2.24) is 35.3 Å². The number of pyridine rings is 1. The van der Waals surface area contributed by atoms with Crippen molar-refractivity contribution in [3.05, 3.63) is 54.7 Å². The predicted octanol–water partition coefficient (Wildman–Crippen LogP) is 1.20. The van der Waals surface area contributed by atoms with Crippen LogP contribution < -0.4 is 15.5 Å². The van der Waals surface area contributed by atoms with Crippen molar-refractivity contribution in [3.8, 4) is 5.95 Å². The molecular weight excluding hydrogens is 370 g/mol. The Hall–Kier alpha value is -3.79. The molecular formula is C19H19N9O. The Morgan fingerprint density at radius 2 is 1.97 bits per heavy atom. The summed E-state index contributed by atoms with van der Waals surface area (Å²) >= 11 is 0. The van der Waals surface area contributed by atoms with E-state index < -0.39 is 0 Å². The van der Waals surface area contributed by atoms with Gasteiger partial charge in [-0.05, 0) is 12.1 Å². The van der Waals surface area contributed by atoms with E-state index in [-0.39, 0.29) is 11.7 Å². The molecule has 5 rings (SSSR count). The quantitative estimate of drug-likeness (QED) is 0.480. The molecule has 10 nitrogen and oxygen atoms in total. The number of nitrogens with zero attached hydrogens (tertiary/aromatic N) is 6. The van der Waals surface area contributed by atoms with Gasteiger partial charge in [-0.3, -0.25) is 14.9 Å². The topological polar surface area (TPSA) is 117 Å². The van der Waals surface area contributed by atoms with Gasteiger partial charge in [0.1, 0.15) is 0 Å². The third-order valence-electron chi connectivity index (χ3n) is 4.86. The fourth-order valence-electron chi connectivity index (χ4n) is 3.43. The zero-order valence-electron chi connectivity index (χ0n) is 15.5. The minimum Gasteiger partial charge on any atom is -0.367 e. The number of aromatic amines is 1. The molecule has 146 valence electrons. The zero-order valence-corrected chi connectivity index (χ0v) is 15.5. The summed E-state index contributed by atoms with van der Waals surface area (Å²) in [5.41, 5.74) is 2.45. The highest BCUT2D eigenvalue weighted by Gasteiger charge is 2.19. The van der Waals surface area contributed by atoms with Crippen molar-refractivity contribution in [1.29, 1.82) is 0 Å². The number of hydrogen-bond donors (Lipinski definition) is 3. The highest BCUT2D eigenvalue weighted by atomic mass is 16.2. The van der Waals surface area contributed by atoms with E-state index in [4.69, 9.17) is 0 Å². The monoisotopic (exact) mass is 389 g/mol. The zero-order chi connectivity index (χ0) is 19.6. The Labute approximate surface area is 166 Å². The Balaban J connectivity index is 1.39. The van der Waals surface area contributed by atoms with Crippen molar-refractivity contribution < 1.29 is 4.79 Å². The highest BCUT2D eigenvalue weighted by Crippen LogP contribution is 2.25. The SMILES string of the molecule is O=C(Nc1cnccc1N1CCNCC1)c1nc(-n2ncc3ccccc32)n[nH]1. The third-order valence-corrected chi connectivity index (χ3v) is 4.86. The van der Waals surface area contributed by atoms with Gasteiger partial charge < -0.3 is 15.5 Å². The van der Waals surface area contributed by atoms with E-state index in [9.17, 15) is 4.79 Å². The Morgan fingerprint density at radius 1 is 1.10 bits per heavy atom. The van der Waals surface area contributed by atoms with Crippen LogP contribution >= 0.6 is 0 Å². The molecule has 1 fully saturated rings.